The van der Waals surface area contributed by atoms with Crippen molar-refractivity contribution in [3.8, 4) is 0 Å². The van der Waals surface area contributed by atoms with E-state index < -0.39 is 29.9 Å². The standard InChI is InChI=1S/C16H22O5S/c1-20-10-12-13(17)14(18)15(19)16(21-12)22-9-5-8-11-6-3-2-4-7-11/h2-8,12-19H,9-10H2,1H3/b8-5+. The summed E-state index contributed by atoms with van der Waals surface area (Å²) in [6.45, 7) is 0.169. The predicted octanol–water partition coefficient (Wildman–Crippen LogP) is 0.887. The molecule has 0 bridgehead atoms. The summed E-state index contributed by atoms with van der Waals surface area (Å²) in [6, 6.07) is 9.90. The van der Waals surface area contributed by atoms with Gasteiger partial charge >= 0.3 is 0 Å². The highest BCUT2D eigenvalue weighted by molar-refractivity contribution is 7.99. The van der Waals surface area contributed by atoms with Gasteiger partial charge in [-0.3, -0.25) is 0 Å². The molecule has 2 rings (SSSR count). The topological polar surface area (TPSA) is 79.2 Å². The van der Waals surface area contributed by atoms with Crippen LogP contribution in [0.5, 0.6) is 0 Å². The molecule has 1 aliphatic rings. The van der Waals surface area contributed by atoms with Crippen molar-refractivity contribution in [2.45, 2.75) is 29.9 Å². The van der Waals surface area contributed by atoms with E-state index in [-0.39, 0.29) is 6.61 Å². The third kappa shape index (κ3) is 4.55. The molecule has 1 saturated heterocycles. The first-order valence-corrected chi connectivity index (χ1v) is 8.20. The van der Waals surface area contributed by atoms with Gasteiger partial charge < -0.3 is 24.8 Å². The number of aliphatic hydroxyl groups is 3. The molecule has 5 unspecified atom stereocenters. The third-order valence-corrected chi connectivity index (χ3v) is 4.57. The summed E-state index contributed by atoms with van der Waals surface area (Å²) in [6.07, 6.45) is -0.188. The zero-order valence-corrected chi connectivity index (χ0v) is 13.2. The van der Waals surface area contributed by atoms with Crippen molar-refractivity contribution in [2.75, 3.05) is 19.5 Å². The van der Waals surface area contributed by atoms with Crippen LogP contribution in [0.1, 0.15) is 5.56 Å². The Labute approximate surface area is 134 Å². The highest BCUT2D eigenvalue weighted by Gasteiger charge is 2.43. The number of thioether (sulfide) groups is 1. The van der Waals surface area contributed by atoms with Crippen molar-refractivity contribution >= 4 is 17.8 Å². The molecule has 0 aromatic heterocycles. The summed E-state index contributed by atoms with van der Waals surface area (Å²) >= 11 is 1.37. The van der Waals surface area contributed by atoms with Gasteiger partial charge in [-0.2, -0.15) is 0 Å². The molecule has 0 aliphatic carbocycles. The van der Waals surface area contributed by atoms with Crippen LogP contribution in [-0.4, -0.2) is 64.6 Å². The van der Waals surface area contributed by atoms with Gasteiger partial charge in [0, 0.05) is 12.9 Å². The molecule has 0 amide bonds. The van der Waals surface area contributed by atoms with Gasteiger partial charge in [-0.15, -0.1) is 11.8 Å². The minimum atomic E-state index is -1.23. The van der Waals surface area contributed by atoms with E-state index in [0.29, 0.717) is 5.75 Å². The highest BCUT2D eigenvalue weighted by atomic mass is 32.2. The minimum Gasteiger partial charge on any atom is -0.387 e. The predicted molar refractivity (Wildman–Crippen MR) is 86.5 cm³/mol. The second-order valence-corrected chi connectivity index (χ2v) is 6.25. The fourth-order valence-corrected chi connectivity index (χ4v) is 3.23. The lowest BCUT2D eigenvalue weighted by Gasteiger charge is -2.40. The molecule has 0 spiro atoms. The average Bonchev–Trinajstić information content (AvgIpc) is 2.54. The highest BCUT2D eigenvalue weighted by Crippen LogP contribution is 2.28. The Kier molecular flexibility index (Phi) is 6.88. The third-order valence-electron chi connectivity index (χ3n) is 3.47. The molecule has 1 aromatic rings. The molecule has 0 saturated carbocycles. The smallest absolute Gasteiger partial charge is 0.132 e. The first-order chi connectivity index (χ1) is 10.6. The number of aliphatic hydroxyl groups excluding tert-OH is 3. The molecule has 1 fully saturated rings. The summed E-state index contributed by atoms with van der Waals surface area (Å²) < 4.78 is 10.6. The van der Waals surface area contributed by atoms with Crippen molar-refractivity contribution < 1.29 is 24.8 Å². The van der Waals surface area contributed by atoms with Crippen LogP contribution in [0.3, 0.4) is 0 Å². The minimum absolute atomic E-state index is 0.169. The number of methoxy groups -OCH3 is 1. The maximum Gasteiger partial charge on any atom is 0.132 e. The Morgan fingerprint density at radius 1 is 1.14 bits per heavy atom. The lowest BCUT2D eigenvalue weighted by molar-refractivity contribution is -0.207. The van der Waals surface area contributed by atoms with Crippen molar-refractivity contribution in [1.29, 1.82) is 0 Å². The van der Waals surface area contributed by atoms with E-state index in [9.17, 15) is 15.3 Å². The largest absolute Gasteiger partial charge is 0.387 e. The molecule has 6 heteroatoms. The Balaban J connectivity index is 1.87. The number of hydrogen-bond acceptors (Lipinski definition) is 6. The molecule has 122 valence electrons. The Hall–Kier alpha value is -0.890. The van der Waals surface area contributed by atoms with E-state index in [1.807, 2.05) is 42.5 Å². The van der Waals surface area contributed by atoms with E-state index in [4.69, 9.17) is 9.47 Å². The van der Waals surface area contributed by atoms with E-state index in [0.717, 1.165) is 5.56 Å². The quantitative estimate of drug-likeness (QED) is 0.720. The van der Waals surface area contributed by atoms with Gasteiger partial charge in [0.15, 0.2) is 0 Å². The maximum atomic E-state index is 9.99. The van der Waals surface area contributed by atoms with Gasteiger partial charge in [0.25, 0.3) is 0 Å². The molecule has 5 atom stereocenters. The van der Waals surface area contributed by atoms with Crippen molar-refractivity contribution in [1.82, 2.24) is 0 Å². The van der Waals surface area contributed by atoms with Crippen molar-refractivity contribution in [3.63, 3.8) is 0 Å². The summed E-state index contributed by atoms with van der Waals surface area (Å²) in [4.78, 5) is 0. The summed E-state index contributed by atoms with van der Waals surface area (Å²) in [5.41, 5.74) is 0.500. The van der Waals surface area contributed by atoms with Crippen LogP contribution >= 0.6 is 11.8 Å². The van der Waals surface area contributed by atoms with Gasteiger partial charge in [-0.05, 0) is 5.56 Å². The van der Waals surface area contributed by atoms with Crippen LogP contribution in [0.15, 0.2) is 36.4 Å². The van der Waals surface area contributed by atoms with E-state index in [1.165, 1.54) is 18.9 Å². The van der Waals surface area contributed by atoms with Gasteiger partial charge in [0.05, 0.1) is 6.61 Å². The molecule has 0 radical (unpaired) electrons. The molecule has 1 aromatic carbocycles. The lowest BCUT2D eigenvalue weighted by Crippen LogP contribution is -2.57. The monoisotopic (exact) mass is 326 g/mol. The first-order valence-electron chi connectivity index (χ1n) is 7.15. The normalized spacial score (nSPS) is 32.5. The molecular formula is C16H22O5S. The van der Waals surface area contributed by atoms with Gasteiger partial charge in [-0.1, -0.05) is 42.5 Å². The fraction of sp³-hybridized carbons (Fsp3) is 0.500. The van der Waals surface area contributed by atoms with Crippen LogP contribution in [0.2, 0.25) is 0 Å². The van der Waals surface area contributed by atoms with Crippen LogP contribution in [0, 0.1) is 0 Å². The number of hydrogen-bond donors (Lipinski definition) is 3. The number of ether oxygens (including phenoxy) is 2. The molecule has 3 N–H and O–H groups in total. The molecule has 1 aliphatic heterocycles. The van der Waals surface area contributed by atoms with Crippen LogP contribution in [0.25, 0.3) is 6.08 Å². The SMILES string of the molecule is COCC1OC(SC/C=C/c2ccccc2)C(O)C(O)C1O. The summed E-state index contributed by atoms with van der Waals surface area (Å²) in [5, 5.41) is 29.7. The lowest BCUT2D eigenvalue weighted by atomic mass is 10.0. The molecule has 22 heavy (non-hydrogen) atoms. The van der Waals surface area contributed by atoms with Crippen LogP contribution < -0.4 is 0 Å². The van der Waals surface area contributed by atoms with E-state index in [1.54, 1.807) is 0 Å². The Morgan fingerprint density at radius 2 is 1.86 bits per heavy atom. The van der Waals surface area contributed by atoms with Crippen LogP contribution in [-0.2, 0) is 9.47 Å². The fourth-order valence-electron chi connectivity index (χ4n) is 2.25. The summed E-state index contributed by atoms with van der Waals surface area (Å²) in [5.74, 6) is 0.624. The zero-order chi connectivity index (χ0) is 15.9. The zero-order valence-electron chi connectivity index (χ0n) is 12.4. The second kappa shape index (κ2) is 8.67. The van der Waals surface area contributed by atoms with Gasteiger partial charge in [0.2, 0.25) is 0 Å². The number of benzene rings is 1. The average molecular weight is 326 g/mol. The number of rotatable bonds is 6. The van der Waals surface area contributed by atoms with Gasteiger partial charge in [-0.25, -0.2) is 0 Å². The van der Waals surface area contributed by atoms with Gasteiger partial charge in [0.1, 0.15) is 29.9 Å². The maximum absolute atomic E-state index is 9.99. The first kappa shape index (κ1) is 17.5. The molecule has 5 nitrogen and oxygen atoms in total. The second-order valence-electron chi connectivity index (χ2n) is 5.12. The van der Waals surface area contributed by atoms with E-state index in [2.05, 4.69) is 0 Å². The van der Waals surface area contributed by atoms with E-state index >= 15 is 0 Å². The molecule has 1 heterocycles. The van der Waals surface area contributed by atoms with Crippen molar-refractivity contribution in [3.05, 3.63) is 42.0 Å². The Bertz CT molecular complexity index is 467. The molecular weight excluding hydrogens is 304 g/mol. The summed E-state index contributed by atoms with van der Waals surface area (Å²) in [7, 11) is 1.50. The Morgan fingerprint density at radius 3 is 2.55 bits per heavy atom. The van der Waals surface area contributed by atoms with Crippen molar-refractivity contribution in [2.24, 2.45) is 0 Å². The van der Waals surface area contributed by atoms with Crippen LogP contribution in [0.4, 0.5) is 0 Å².